The molecular formula is C13H15F3N2O. The Hall–Kier alpha value is -1.72. The van der Waals surface area contributed by atoms with Crippen LogP contribution in [0.3, 0.4) is 0 Å². The van der Waals surface area contributed by atoms with Crippen molar-refractivity contribution in [1.82, 2.24) is 0 Å². The van der Waals surface area contributed by atoms with Crippen molar-refractivity contribution in [2.45, 2.75) is 31.5 Å². The maximum atomic E-state index is 12.4. The second-order valence-electron chi connectivity index (χ2n) is 4.69. The monoisotopic (exact) mass is 272 g/mol. The predicted molar refractivity (Wildman–Crippen MR) is 65.8 cm³/mol. The van der Waals surface area contributed by atoms with Crippen molar-refractivity contribution in [3.63, 3.8) is 0 Å². The Morgan fingerprint density at radius 1 is 1.37 bits per heavy atom. The van der Waals surface area contributed by atoms with Gasteiger partial charge < -0.3 is 10.5 Å². The number of aliphatic imine (C=N–C) groups is 1. The molecule has 2 N–H and O–H groups in total. The van der Waals surface area contributed by atoms with E-state index in [1.807, 2.05) is 6.92 Å². The fourth-order valence-electron chi connectivity index (χ4n) is 2.10. The Morgan fingerprint density at radius 3 is 2.47 bits per heavy atom. The number of halogens is 3. The standard InChI is InChI=1S/C13H15F3N2O/c1-8(6-11-7-19-12(17)18-11)9-2-4-10(5-3-9)13(14,15)16/h2-5,8,11H,6-7H2,1H3,(H2,17,18)/t8?,11-/m1/s1. The average molecular weight is 272 g/mol. The zero-order chi connectivity index (χ0) is 14.0. The van der Waals surface area contributed by atoms with Gasteiger partial charge in [0.05, 0.1) is 11.6 Å². The van der Waals surface area contributed by atoms with Crippen LogP contribution in [0.4, 0.5) is 13.2 Å². The largest absolute Gasteiger partial charge is 0.463 e. The molecule has 0 aliphatic carbocycles. The predicted octanol–water partition coefficient (Wildman–Crippen LogP) is 2.91. The molecule has 1 heterocycles. The maximum absolute atomic E-state index is 12.4. The van der Waals surface area contributed by atoms with E-state index in [4.69, 9.17) is 10.5 Å². The number of alkyl halides is 3. The molecule has 1 aromatic carbocycles. The van der Waals surface area contributed by atoms with Gasteiger partial charge in [-0.1, -0.05) is 19.1 Å². The van der Waals surface area contributed by atoms with Crippen molar-refractivity contribution in [3.8, 4) is 0 Å². The highest BCUT2D eigenvalue weighted by molar-refractivity contribution is 5.73. The molecule has 0 aromatic heterocycles. The van der Waals surface area contributed by atoms with Crippen LogP contribution in [0.1, 0.15) is 30.4 Å². The Balaban J connectivity index is 2.02. The molecule has 0 bridgehead atoms. The number of hydrogen-bond donors (Lipinski definition) is 1. The smallest absolute Gasteiger partial charge is 0.416 e. The molecule has 0 fully saturated rings. The number of ether oxygens (including phenoxy) is 1. The molecule has 6 heteroatoms. The van der Waals surface area contributed by atoms with Gasteiger partial charge in [-0.15, -0.1) is 0 Å². The molecule has 0 radical (unpaired) electrons. The third kappa shape index (κ3) is 3.39. The molecule has 0 saturated heterocycles. The summed E-state index contributed by atoms with van der Waals surface area (Å²) in [5.41, 5.74) is 5.64. The minimum Gasteiger partial charge on any atom is -0.463 e. The number of nitrogens with two attached hydrogens (primary N) is 1. The first kappa shape index (κ1) is 13.7. The zero-order valence-corrected chi connectivity index (χ0v) is 10.4. The van der Waals surface area contributed by atoms with Crippen molar-refractivity contribution in [2.24, 2.45) is 10.7 Å². The van der Waals surface area contributed by atoms with Crippen LogP contribution in [0.5, 0.6) is 0 Å². The summed E-state index contributed by atoms with van der Waals surface area (Å²) >= 11 is 0. The van der Waals surface area contributed by atoms with E-state index >= 15 is 0 Å². The van der Waals surface area contributed by atoms with Crippen LogP contribution < -0.4 is 5.73 Å². The lowest BCUT2D eigenvalue weighted by Gasteiger charge is -2.15. The number of hydrogen-bond acceptors (Lipinski definition) is 3. The molecular weight excluding hydrogens is 257 g/mol. The lowest BCUT2D eigenvalue weighted by atomic mass is 9.93. The third-order valence-electron chi connectivity index (χ3n) is 3.17. The van der Waals surface area contributed by atoms with Crippen LogP contribution in [0.25, 0.3) is 0 Å². The molecule has 2 atom stereocenters. The Bertz CT molecular complexity index is 468. The van der Waals surface area contributed by atoms with Gasteiger partial charge in [-0.3, -0.25) is 0 Å². The molecule has 1 aliphatic rings. The van der Waals surface area contributed by atoms with Gasteiger partial charge in [0, 0.05) is 0 Å². The second kappa shape index (κ2) is 5.11. The van der Waals surface area contributed by atoms with Crippen molar-refractivity contribution in [2.75, 3.05) is 6.61 Å². The van der Waals surface area contributed by atoms with Crippen molar-refractivity contribution < 1.29 is 17.9 Å². The summed E-state index contributed by atoms with van der Waals surface area (Å²) in [5.74, 6) is 0.102. The highest BCUT2D eigenvalue weighted by atomic mass is 19.4. The van der Waals surface area contributed by atoms with Gasteiger partial charge >= 0.3 is 6.18 Å². The fraction of sp³-hybridized carbons (Fsp3) is 0.462. The first-order valence-electron chi connectivity index (χ1n) is 5.99. The highest BCUT2D eigenvalue weighted by Gasteiger charge is 2.30. The molecule has 1 unspecified atom stereocenters. The summed E-state index contributed by atoms with van der Waals surface area (Å²) in [5, 5.41) is 0. The van der Waals surface area contributed by atoms with Crippen molar-refractivity contribution in [3.05, 3.63) is 35.4 Å². The quantitative estimate of drug-likeness (QED) is 0.919. The molecule has 2 rings (SSSR count). The molecule has 1 aliphatic heterocycles. The van der Waals surface area contributed by atoms with Crippen LogP contribution in [0.15, 0.2) is 29.3 Å². The van der Waals surface area contributed by atoms with Crippen LogP contribution >= 0.6 is 0 Å². The first-order chi connectivity index (χ1) is 8.86. The fourth-order valence-corrected chi connectivity index (χ4v) is 2.10. The Labute approximate surface area is 109 Å². The number of nitrogens with zero attached hydrogens (tertiary/aromatic N) is 1. The van der Waals surface area contributed by atoms with Crippen LogP contribution in [0, 0.1) is 0 Å². The van der Waals surface area contributed by atoms with E-state index in [-0.39, 0.29) is 18.0 Å². The van der Waals surface area contributed by atoms with Gasteiger partial charge in [-0.25, -0.2) is 4.99 Å². The highest BCUT2D eigenvalue weighted by Crippen LogP contribution is 2.31. The molecule has 1 aromatic rings. The summed E-state index contributed by atoms with van der Waals surface area (Å²) in [6.45, 7) is 2.39. The topological polar surface area (TPSA) is 47.6 Å². The van der Waals surface area contributed by atoms with Crippen molar-refractivity contribution in [1.29, 1.82) is 0 Å². The lowest BCUT2D eigenvalue weighted by molar-refractivity contribution is -0.137. The van der Waals surface area contributed by atoms with Gasteiger partial charge in [-0.2, -0.15) is 13.2 Å². The van der Waals surface area contributed by atoms with Gasteiger partial charge in [0.25, 0.3) is 6.02 Å². The third-order valence-corrected chi connectivity index (χ3v) is 3.17. The van der Waals surface area contributed by atoms with Crippen LogP contribution in [0.2, 0.25) is 0 Å². The van der Waals surface area contributed by atoms with E-state index in [1.165, 1.54) is 12.1 Å². The number of rotatable bonds is 3. The minimum absolute atomic E-state index is 0.0164. The van der Waals surface area contributed by atoms with Gasteiger partial charge in [0.1, 0.15) is 6.61 Å². The summed E-state index contributed by atoms with van der Waals surface area (Å²) in [7, 11) is 0. The van der Waals surface area contributed by atoms with E-state index in [0.29, 0.717) is 13.0 Å². The van der Waals surface area contributed by atoms with Crippen LogP contribution in [-0.4, -0.2) is 18.7 Å². The summed E-state index contributed by atoms with van der Waals surface area (Å²) in [6, 6.07) is 5.40. The molecule has 0 saturated carbocycles. The van der Waals surface area contributed by atoms with Gasteiger partial charge in [-0.05, 0) is 30.0 Å². The molecule has 0 spiro atoms. The number of benzene rings is 1. The number of amidine groups is 1. The SMILES string of the molecule is CC(C[C@@H]1COC(N)=N1)c1ccc(C(F)(F)F)cc1. The Kier molecular flexibility index (Phi) is 3.68. The summed E-state index contributed by atoms with van der Waals surface area (Å²) < 4.78 is 42.4. The van der Waals surface area contributed by atoms with Crippen LogP contribution in [-0.2, 0) is 10.9 Å². The average Bonchev–Trinajstić information content (AvgIpc) is 2.74. The second-order valence-corrected chi connectivity index (χ2v) is 4.69. The van der Waals surface area contributed by atoms with Gasteiger partial charge in [0.2, 0.25) is 0 Å². The summed E-state index contributed by atoms with van der Waals surface area (Å²) in [6.07, 6.45) is -3.59. The molecule has 104 valence electrons. The van der Waals surface area contributed by atoms with E-state index in [1.54, 1.807) is 0 Å². The summed E-state index contributed by atoms with van der Waals surface area (Å²) in [4.78, 5) is 4.10. The molecule has 19 heavy (non-hydrogen) atoms. The van der Waals surface area contributed by atoms with E-state index < -0.39 is 11.7 Å². The first-order valence-corrected chi connectivity index (χ1v) is 5.99. The van der Waals surface area contributed by atoms with E-state index in [0.717, 1.165) is 17.7 Å². The van der Waals surface area contributed by atoms with Gasteiger partial charge in [0.15, 0.2) is 0 Å². The normalized spacial score (nSPS) is 20.8. The molecule has 3 nitrogen and oxygen atoms in total. The molecule has 0 amide bonds. The zero-order valence-electron chi connectivity index (χ0n) is 10.4. The van der Waals surface area contributed by atoms with E-state index in [2.05, 4.69) is 4.99 Å². The Morgan fingerprint density at radius 2 is 2.00 bits per heavy atom. The van der Waals surface area contributed by atoms with Crippen molar-refractivity contribution >= 4 is 6.02 Å². The van der Waals surface area contributed by atoms with E-state index in [9.17, 15) is 13.2 Å². The minimum atomic E-state index is -4.29. The lowest BCUT2D eigenvalue weighted by Crippen LogP contribution is -2.11. The maximum Gasteiger partial charge on any atom is 0.416 e.